The first-order valence-electron chi connectivity index (χ1n) is 5.66. The second-order valence-corrected chi connectivity index (χ2v) is 5.15. The topological polar surface area (TPSA) is 30.2 Å². The maximum Gasteiger partial charge on any atom is 0.166 e. The van der Waals surface area contributed by atoms with Gasteiger partial charge in [-0.15, -0.1) is 0 Å². The van der Waals surface area contributed by atoms with Gasteiger partial charge in [0.25, 0.3) is 0 Å². The summed E-state index contributed by atoms with van der Waals surface area (Å²) in [6.45, 7) is 0. The molecule has 2 aromatic rings. The van der Waals surface area contributed by atoms with Crippen LogP contribution in [0.5, 0.6) is 0 Å². The molecule has 17 heavy (non-hydrogen) atoms. The molecule has 1 heterocycles. The third kappa shape index (κ3) is 1.95. The third-order valence-electron chi connectivity index (χ3n) is 3.05. The number of hydrogen-bond donors (Lipinski definition) is 0. The zero-order valence-corrected chi connectivity index (χ0v) is 10.8. The number of Topliss-reactive ketones (excluding diaryl/α,β-unsaturated/α-hetero) is 1. The summed E-state index contributed by atoms with van der Waals surface area (Å²) < 4.78 is 6.80. The van der Waals surface area contributed by atoms with Gasteiger partial charge in [-0.1, -0.05) is 28.1 Å². The summed E-state index contributed by atoms with van der Waals surface area (Å²) in [6, 6.07) is 9.79. The van der Waals surface area contributed by atoms with Crippen molar-refractivity contribution < 1.29 is 9.21 Å². The van der Waals surface area contributed by atoms with E-state index in [1.165, 1.54) is 0 Å². The Morgan fingerprint density at radius 2 is 1.88 bits per heavy atom. The number of halogens is 1. The molecule has 0 fully saturated rings. The normalized spacial score (nSPS) is 14.8. The number of aryl methyl sites for hydroxylation is 1. The van der Waals surface area contributed by atoms with Gasteiger partial charge in [0.05, 0.1) is 5.56 Å². The monoisotopic (exact) mass is 290 g/mol. The maximum absolute atomic E-state index is 11.7. The van der Waals surface area contributed by atoms with Gasteiger partial charge in [0.2, 0.25) is 0 Å². The van der Waals surface area contributed by atoms with Gasteiger partial charge in [0.1, 0.15) is 11.5 Å². The van der Waals surface area contributed by atoms with Crippen LogP contribution in [0.4, 0.5) is 0 Å². The highest BCUT2D eigenvalue weighted by Gasteiger charge is 2.22. The molecule has 0 atom stereocenters. The van der Waals surface area contributed by atoms with Crippen LogP contribution in [0.1, 0.15) is 29.0 Å². The van der Waals surface area contributed by atoms with Gasteiger partial charge in [0, 0.05) is 22.9 Å². The van der Waals surface area contributed by atoms with Crippen molar-refractivity contribution in [2.24, 2.45) is 0 Å². The number of carbonyl (C=O) groups excluding carboxylic acids is 1. The second kappa shape index (κ2) is 4.15. The van der Waals surface area contributed by atoms with Crippen LogP contribution in [0.2, 0.25) is 0 Å². The Balaban J connectivity index is 2.05. The van der Waals surface area contributed by atoms with E-state index < -0.39 is 0 Å². The quantitative estimate of drug-likeness (QED) is 0.787. The zero-order valence-electron chi connectivity index (χ0n) is 9.20. The molecule has 0 aliphatic heterocycles. The number of fused-ring (bicyclic) bond motifs is 1. The Labute approximate surface area is 108 Å². The molecule has 3 rings (SSSR count). The van der Waals surface area contributed by atoms with E-state index in [-0.39, 0.29) is 5.78 Å². The maximum atomic E-state index is 11.7. The molecule has 3 heteroatoms. The largest absolute Gasteiger partial charge is 0.460 e. The number of hydrogen-bond acceptors (Lipinski definition) is 2. The van der Waals surface area contributed by atoms with Gasteiger partial charge >= 0.3 is 0 Å². The minimum Gasteiger partial charge on any atom is -0.460 e. The predicted molar refractivity (Wildman–Crippen MR) is 69.1 cm³/mol. The Hall–Kier alpha value is -1.35. The molecule has 0 spiro atoms. The van der Waals surface area contributed by atoms with Gasteiger partial charge in [0.15, 0.2) is 5.78 Å². The van der Waals surface area contributed by atoms with Gasteiger partial charge in [-0.3, -0.25) is 4.79 Å². The molecule has 1 aliphatic rings. The Kier molecular flexibility index (Phi) is 2.63. The number of furan rings is 1. The van der Waals surface area contributed by atoms with Gasteiger partial charge in [-0.05, 0) is 24.6 Å². The summed E-state index contributed by atoms with van der Waals surface area (Å²) in [5.74, 6) is 1.84. The van der Waals surface area contributed by atoms with Gasteiger partial charge < -0.3 is 4.42 Å². The summed E-state index contributed by atoms with van der Waals surface area (Å²) >= 11 is 3.40. The lowest BCUT2D eigenvalue weighted by Crippen LogP contribution is -2.07. The lowest BCUT2D eigenvalue weighted by atomic mass is 9.97. The van der Waals surface area contributed by atoms with Crippen molar-refractivity contribution in [1.29, 1.82) is 0 Å². The number of ketones is 1. The number of benzene rings is 1. The van der Waals surface area contributed by atoms with E-state index in [0.717, 1.165) is 40.0 Å². The number of rotatable bonds is 1. The van der Waals surface area contributed by atoms with Gasteiger partial charge in [-0.2, -0.15) is 0 Å². The highest BCUT2D eigenvalue weighted by molar-refractivity contribution is 9.10. The highest BCUT2D eigenvalue weighted by atomic mass is 79.9. The Bertz CT molecular complexity index is 566. The van der Waals surface area contributed by atoms with Crippen molar-refractivity contribution in [2.75, 3.05) is 0 Å². The fourth-order valence-electron chi connectivity index (χ4n) is 2.15. The average Bonchev–Trinajstić information content (AvgIpc) is 2.75. The van der Waals surface area contributed by atoms with Crippen LogP contribution in [-0.4, -0.2) is 5.78 Å². The summed E-state index contributed by atoms with van der Waals surface area (Å²) in [7, 11) is 0. The van der Waals surface area contributed by atoms with E-state index in [9.17, 15) is 4.79 Å². The zero-order chi connectivity index (χ0) is 11.8. The Morgan fingerprint density at radius 3 is 2.59 bits per heavy atom. The average molecular weight is 291 g/mol. The SMILES string of the molecule is O=C1CCCc2oc(-c3ccc(Br)cc3)cc21. The molecule has 0 N–H and O–H groups in total. The Morgan fingerprint density at radius 1 is 1.12 bits per heavy atom. The highest BCUT2D eigenvalue weighted by Crippen LogP contribution is 2.31. The molecule has 1 aromatic carbocycles. The van der Waals surface area contributed by atoms with Crippen LogP contribution < -0.4 is 0 Å². The van der Waals surface area contributed by atoms with E-state index in [1.807, 2.05) is 30.3 Å². The molecular formula is C14H11BrO2. The third-order valence-corrected chi connectivity index (χ3v) is 3.57. The van der Waals surface area contributed by atoms with Crippen molar-refractivity contribution in [3.05, 3.63) is 46.1 Å². The molecule has 0 bridgehead atoms. The van der Waals surface area contributed by atoms with Crippen LogP contribution in [0.15, 0.2) is 39.2 Å². The second-order valence-electron chi connectivity index (χ2n) is 4.23. The van der Waals surface area contributed by atoms with Crippen LogP contribution in [-0.2, 0) is 6.42 Å². The lowest BCUT2D eigenvalue weighted by Gasteiger charge is -2.06. The minimum absolute atomic E-state index is 0.207. The van der Waals surface area contributed by atoms with E-state index in [1.54, 1.807) is 0 Å². The van der Waals surface area contributed by atoms with Gasteiger partial charge in [-0.25, -0.2) is 0 Å². The summed E-state index contributed by atoms with van der Waals surface area (Å²) in [5, 5.41) is 0. The molecule has 0 amide bonds. The smallest absolute Gasteiger partial charge is 0.166 e. The first-order chi connectivity index (χ1) is 8.24. The molecule has 86 valence electrons. The molecule has 1 aromatic heterocycles. The number of carbonyl (C=O) groups is 1. The molecule has 0 radical (unpaired) electrons. The van der Waals surface area contributed by atoms with Crippen molar-refractivity contribution in [1.82, 2.24) is 0 Å². The van der Waals surface area contributed by atoms with Crippen molar-refractivity contribution in [2.45, 2.75) is 19.3 Å². The molecule has 0 saturated heterocycles. The van der Waals surface area contributed by atoms with Crippen molar-refractivity contribution in [3.8, 4) is 11.3 Å². The standard InChI is InChI=1S/C14H11BrO2/c15-10-6-4-9(5-7-10)14-8-11-12(16)2-1-3-13(11)17-14/h4-8H,1-3H2. The summed E-state index contributed by atoms with van der Waals surface area (Å²) in [6.07, 6.45) is 2.42. The first kappa shape index (κ1) is 10.8. The molecule has 2 nitrogen and oxygen atoms in total. The molecule has 1 aliphatic carbocycles. The van der Waals surface area contributed by atoms with E-state index in [2.05, 4.69) is 15.9 Å². The van der Waals surface area contributed by atoms with Crippen LogP contribution in [0.3, 0.4) is 0 Å². The molecular weight excluding hydrogens is 280 g/mol. The van der Waals surface area contributed by atoms with Crippen molar-refractivity contribution in [3.63, 3.8) is 0 Å². The predicted octanol–water partition coefficient (Wildman–Crippen LogP) is 4.23. The lowest BCUT2D eigenvalue weighted by molar-refractivity contribution is 0.0969. The fourth-order valence-corrected chi connectivity index (χ4v) is 2.42. The summed E-state index contributed by atoms with van der Waals surface area (Å²) in [5.41, 5.74) is 1.78. The van der Waals surface area contributed by atoms with E-state index in [0.29, 0.717) is 6.42 Å². The first-order valence-corrected chi connectivity index (χ1v) is 6.45. The van der Waals surface area contributed by atoms with Crippen LogP contribution >= 0.6 is 15.9 Å². The minimum atomic E-state index is 0.207. The van der Waals surface area contributed by atoms with E-state index in [4.69, 9.17) is 4.42 Å². The molecule has 0 unspecified atom stereocenters. The molecule has 0 saturated carbocycles. The van der Waals surface area contributed by atoms with Crippen LogP contribution in [0.25, 0.3) is 11.3 Å². The van der Waals surface area contributed by atoms with Crippen molar-refractivity contribution >= 4 is 21.7 Å². The van der Waals surface area contributed by atoms with Crippen LogP contribution in [0, 0.1) is 0 Å². The summed E-state index contributed by atoms with van der Waals surface area (Å²) in [4.78, 5) is 11.7. The van der Waals surface area contributed by atoms with E-state index >= 15 is 0 Å². The fraction of sp³-hybridized carbons (Fsp3) is 0.214.